The average Bonchev–Trinajstić information content (AvgIpc) is 3.01. The second kappa shape index (κ2) is 8.04. The van der Waals surface area contributed by atoms with E-state index in [0.717, 1.165) is 6.42 Å². The highest BCUT2D eigenvalue weighted by atomic mass is 32.2. The zero-order chi connectivity index (χ0) is 19.4. The average molecular weight is 388 g/mol. The monoisotopic (exact) mass is 388 g/mol. The van der Waals surface area contributed by atoms with Crippen molar-refractivity contribution in [3.63, 3.8) is 0 Å². The molecular weight excluding hydrogens is 364 g/mol. The Hall–Kier alpha value is -2.48. The van der Waals surface area contributed by atoms with E-state index in [1.54, 1.807) is 20.0 Å². The Morgan fingerprint density at radius 1 is 1.26 bits per heavy atom. The Kier molecular flexibility index (Phi) is 5.74. The molecule has 27 heavy (non-hydrogen) atoms. The van der Waals surface area contributed by atoms with Crippen LogP contribution in [0.2, 0.25) is 0 Å². The minimum absolute atomic E-state index is 0.0154. The molecule has 1 saturated heterocycles. The molecule has 1 aliphatic rings. The van der Waals surface area contributed by atoms with Crippen LogP contribution in [0.15, 0.2) is 36.4 Å². The van der Waals surface area contributed by atoms with Crippen LogP contribution in [-0.4, -0.2) is 60.3 Å². The van der Waals surface area contributed by atoms with E-state index in [1.165, 1.54) is 10.5 Å². The zero-order valence-corrected chi connectivity index (χ0v) is 16.4. The van der Waals surface area contributed by atoms with Crippen molar-refractivity contribution in [1.29, 1.82) is 0 Å². The van der Waals surface area contributed by atoms with Crippen LogP contribution in [0.1, 0.15) is 28.2 Å². The SMILES string of the molecule is Cc1cc(C(=O)N(C)C2CCS(=O)(=O)C2)nc(NCCc2ccccc2)n1. The van der Waals surface area contributed by atoms with Gasteiger partial charge < -0.3 is 10.2 Å². The van der Waals surface area contributed by atoms with Crippen LogP contribution in [0.25, 0.3) is 0 Å². The van der Waals surface area contributed by atoms with Crippen LogP contribution >= 0.6 is 0 Å². The number of carbonyl (C=O) groups excluding carboxylic acids is 1. The normalized spacial score (nSPS) is 18.2. The molecule has 0 saturated carbocycles. The maximum absolute atomic E-state index is 12.8. The zero-order valence-electron chi connectivity index (χ0n) is 15.6. The number of nitrogens with zero attached hydrogens (tertiary/aromatic N) is 3. The third-order valence-corrected chi connectivity index (χ3v) is 6.44. The van der Waals surface area contributed by atoms with Gasteiger partial charge in [-0.15, -0.1) is 0 Å². The van der Waals surface area contributed by atoms with Crippen molar-refractivity contribution in [2.45, 2.75) is 25.8 Å². The van der Waals surface area contributed by atoms with Gasteiger partial charge in [0.2, 0.25) is 5.95 Å². The summed E-state index contributed by atoms with van der Waals surface area (Å²) < 4.78 is 23.3. The smallest absolute Gasteiger partial charge is 0.272 e. The molecule has 0 spiro atoms. The highest BCUT2D eigenvalue weighted by Crippen LogP contribution is 2.18. The lowest BCUT2D eigenvalue weighted by atomic mass is 10.1. The molecule has 1 unspecified atom stereocenters. The Balaban J connectivity index is 1.66. The Labute approximate surface area is 159 Å². The molecule has 3 rings (SSSR count). The van der Waals surface area contributed by atoms with E-state index in [1.807, 2.05) is 18.2 Å². The van der Waals surface area contributed by atoms with E-state index in [9.17, 15) is 13.2 Å². The predicted octanol–water partition coefficient (Wildman–Crippen LogP) is 1.70. The first-order valence-corrected chi connectivity index (χ1v) is 10.8. The lowest BCUT2D eigenvalue weighted by Crippen LogP contribution is -2.38. The molecule has 2 heterocycles. The predicted molar refractivity (Wildman–Crippen MR) is 105 cm³/mol. The van der Waals surface area contributed by atoms with Crippen molar-refractivity contribution in [1.82, 2.24) is 14.9 Å². The van der Waals surface area contributed by atoms with E-state index in [4.69, 9.17) is 0 Å². The number of hydrogen-bond acceptors (Lipinski definition) is 6. The van der Waals surface area contributed by atoms with Gasteiger partial charge in [-0.2, -0.15) is 0 Å². The summed E-state index contributed by atoms with van der Waals surface area (Å²) in [5, 5.41) is 3.16. The van der Waals surface area contributed by atoms with Gasteiger partial charge in [0.25, 0.3) is 5.91 Å². The molecule has 0 aliphatic carbocycles. The molecule has 1 amide bonds. The Morgan fingerprint density at radius 2 is 2.00 bits per heavy atom. The number of carbonyl (C=O) groups is 1. The van der Waals surface area contributed by atoms with E-state index < -0.39 is 9.84 Å². The first-order valence-electron chi connectivity index (χ1n) is 8.95. The van der Waals surface area contributed by atoms with Gasteiger partial charge in [0.05, 0.1) is 11.5 Å². The highest BCUT2D eigenvalue weighted by Gasteiger charge is 2.33. The summed E-state index contributed by atoms with van der Waals surface area (Å²) in [6, 6.07) is 11.4. The third-order valence-electron chi connectivity index (χ3n) is 4.69. The molecule has 1 aromatic carbocycles. The third kappa shape index (κ3) is 5.03. The van der Waals surface area contributed by atoms with E-state index >= 15 is 0 Å². The summed E-state index contributed by atoms with van der Waals surface area (Å²) in [6.07, 6.45) is 1.29. The Bertz CT molecular complexity index is 916. The number of rotatable bonds is 6. The number of amides is 1. The van der Waals surface area contributed by atoms with Crippen LogP contribution in [0, 0.1) is 6.92 Å². The van der Waals surface area contributed by atoms with Crippen molar-refractivity contribution in [3.8, 4) is 0 Å². The lowest BCUT2D eigenvalue weighted by Gasteiger charge is -2.23. The van der Waals surface area contributed by atoms with E-state index in [0.29, 0.717) is 24.6 Å². The fourth-order valence-corrected chi connectivity index (χ4v) is 4.92. The number of sulfone groups is 1. The van der Waals surface area contributed by atoms with Crippen molar-refractivity contribution in [2.24, 2.45) is 0 Å². The standard InChI is InChI=1S/C19H24N4O3S/c1-14-12-17(18(24)23(2)16-9-11-27(25,26)13-16)22-19(21-14)20-10-8-15-6-4-3-5-7-15/h3-7,12,16H,8-11,13H2,1-2H3,(H,20,21,22). The molecule has 144 valence electrons. The van der Waals surface area contributed by atoms with Crippen LogP contribution in [-0.2, 0) is 16.3 Å². The molecule has 0 radical (unpaired) electrons. The van der Waals surface area contributed by atoms with Crippen LogP contribution in [0.3, 0.4) is 0 Å². The number of hydrogen-bond donors (Lipinski definition) is 1. The van der Waals surface area contributed by atoms with Gasteiger partial charge in [0.15, 0.2) is 9.84 Å². The van der Waals surface area contributed by atoms with Crippen molar-refractivity contribution < 1.29 is 13.2 Å². The summed E-state index contributed by atoms with van der Waals surface area (Å²) in [5.74, 6) is 0.265. The molecule has 1 aromatic heterocycles. The topological polar surface area (TPSA) is 92.3 Å². The van der Waals surface area contributed by atoms with Gasteiger partial charge >= 0.3 is 0 Å². The summed E-state index contributed by atoms with van der Waals surface area (Å²) >= 11 is 0. The summed E-state index contributed by atoms with van der Waals surface area (Å²) in [5.41, 5.74) is 2.16. The molecule has 7 nitrogen and oxygen atoms in total. The van der Waals surface area contributed by atoms with Crippen molar-refractivity contribution >= 4 is 21.7 Å². The highest BCUT2D eigenvalue weighted by molar-refractivity contribution is 7.91. The van der Waals surface area contributed by atoms with Gasteiger partial charge in [-0.05, 0) is 31.4 Å². The van der Waals surface area contributed by atoms with Crippen LogP contribution < -0.4 is 5.32 Å². The van der Waals surface area contributed by atoms with Gasteiger partial charge in [-0.3, -0.25) is 4.79 Å². The van der Waals surface area contributed by atoms with Gasteiger partial charge in [-0.1, -0.05) is 30.3 Å². The van der Waals surface area contributed by atoms with Crippen molar-refractivity contribution in [2.75, 3.05) is 30.4 Å². The number of aromatic nitrogens is 2. The van der Waals surface area contributed by atoms with E-state index in [-0.39, 0.29) is 29.1 Å². The maximum Gasteiger partial charge on any atom is 0.272 e. The fraction of sp³-hybridized carbons (Fsp3) is 0.421. The molecule has 1 N–H and O–H groups in total. The van der Waals surface area contributed by atoms with E-state index in [2.05, 4.69) is 27.4 Å². The summed E-state index contributed by atoms with van der Waals surface area (Å²) in [4.78, 5) is 22.9. The number of anilines is 1. The lowest BCUT2D eigenvalue weighted by molar-refractivity contribution is 0.0741. The van der Waals surface area contributed by atoms with Crippen LogP contribution in [0.4, 0.5) is 5.95 Å². The van der Waals surface area contributed by atoms with Crippen molar-refractivity contribution in [3.05, 3.63) is 53.3 Å². The number of nitrogens with one attached hydrogen (secondary N) is 1. The fourth-order valence-electron chi connectivity index (χ4n) is 3.15. The largest absolute Gasteiger partial charge is 0.354 e. The molecule has 1 atom stereocenters. The first kappa shape index (κ1) is 19.3. The quantitative estimate of drug-likeness (QED) is 0.810. The molecular formula is C19H24N4O3S. The molecule has 1 fully saturated rings. The van der Waals surface area contributed by atoms with Gasteiger partial charge in [-0.25, -0.2) is 18.4 Å². The molecule has 2 aromatic rings. The minimum atomic E-state index is -3.05. The second-order valence-corrected chi connectivity index (χ2v) is 9.08. The summed E-state index contributed by atoms with van der Waals surface area (Å²) in [6.45, 7) is 2.46. The van der Waals surface area contributed by atoms with Gasteiger partial charge in [0.1, 0.15) is 5.69 Å². The van der Waals surface area contributed by atoms with Crippen LogP contribution in [0.5, 0.6) is 0 Å². The Morgan fingerprint density at radius 3 is 2.67 bits per heavy atom. The molecule has 8 heteroatoms. The van der Waals surface area contributed by atoms with Gasteiger partial charge in [0, 0.05) is 25.3 Å². The molecule has 1 aliphatic heterocycles. The molecule has 0 bridgehead atoms. The number of benzene rings is 1. The minimum Gasteiger partial charge on any atom is -0.354 e. The maximum atomic E-state index is 12.8. The first-order chi connectivity index (χ1) is 12.8. The number of aryl methyl sites for hydroxylation is 1. The summed E-state index contributed by atoms with van der Waals surface area (Å²) in [7, 11) is -1.42. The second-order valence-electron chi connectivity index (χ2n) is 6.85.